The van der Waals surface area contributed by atoms with Gasteiger partial charge in [0.05, 0.1) is 0 Å². The molecule has 0 heterocycles. The molecule has 4 heteroatoms. The molecule has 0 aliphatic heterocycles. The molecule has 0 saturated carbocycles. The van der Waals surface area contributed by atoms with Crippen LogP contribution in [0.25, 0.3) is 0 Å². The lowest BCUT2D eigenvalue weighted by atomic mass is 10.1. The van der Waals surface area contributed by atoms with Gasteiger partial charge in [0, 0.05) is 5.82 Å². The maximum Gasteiger partial charge on any atom is 0.348 e. The molecule has 3 nitrogen and oxygen atoms in total. The van der Waals surface area contributed by atoms with E-state index in [9.17, 15) is 4.57 Å². The van der Waals surface area contributed by atoms with E-state index in [1.165, 1.54) is 38.5 Å². The summed E-state index contributed by atoms with van der Waals surface area (Å²) in [5.74, 6) is 1.01. The topological polar surface area (TPSA) is 57.5 Å². The summed E-state index contributed by atoms with van der Waals surface area (Å²) in [5, 5.41) is 0. The van der Waals surface area contributed by atoms with Crippen LogP contribution in [-0.4, -0.2) is 9.79 Å². The van der Waals surface area contributed by atoms with Crippen LogP contribution in [0, 0.1) is 0 Å². The van der Waals surface area contributed by atoms with Crippen LogP contribution in [0.1, 0.15) is 64.7 Å². The van der Waals surface area contributed by atoms with Gasteiger partial charge in [-0.2, -0.15) is 0 Å². The molecule has 0 aliphatic rings. The Bertz CT molecular complexity index is 220. The predicted octanol–water partition coefficient (Wildman–Crippen LogP) is 4.21. The average Bonchev–Trinajstić information content (AvgIpc) is 2.19. The van der Waals surface area contributed by atoms with Gasteiger partial charge in [-0.15, -0.1) is 0 Å². The summed E-state index contributed by atoms with van der Waals surface area (Å²) in [6, 6.07) is 0. The maximum atomic E-state index is 10.5. The van der Waals surface area contributed by atoms with Gasteiger partial charge in [0.25, 0.3) is 0 Å². The van der Waals surface area contributed by atoms with E-state index in [-0.39, 0.29) is 0 Å². The highest BCUT2D eigenvalue weighted by molar-refractivity contribution is 7.55. The molecule has 0 spiro atoms. The number of allylic oxidation sites excluding steroid dienone is 1. The van der Waals surface area contributed by atoms with Gasteiger partial charge in [0.2, 0.25) is 0 Å². The van der Waals surface area contributed by atoms with E-state index in [4.69, 9.17) is 9.79 Å². The molecular formula is C12H25O3P. The minimum atomic E-state index is -3.92. The van der Waals surface area contributed by atoms with Gasteiger partial charge >= 0.3 is 7.60 Å². The van der Waals surface area contributed by atoms with Crippen molar-refractivity contribution in [2.75, 3.05) is 0 Å². The van der Waals surface area contributed by atoms with Crippen molar-refractivity contribution < 1.29 is 14.4 Å². The number of hydrogen-bond acceptors (Lipinski definition) is 1. The lowest BCUT2D eigenvalue weighted by Crippen LogP contribution is -1.80. The number of hydrogen-bond donors (Lipinski definition) is 2. The van der Waals surface area contributed by atoms with Gasteiger partial charge in [-0.1, -0.05) is 57.9 Å². The summed E-state index contributed by atoms with van der Waals surface area (Å²) >= 11 is 0. The first kappa shape index (κ1) is 15.9. The molecule has 0 aromatic carbocycles. The highest BCUT2D eigenvalue weighted by atomic mass is 31.2. The molecule has 0 amide bonds. The Morgan fingerprint density at radius 2 is 1.44 bits per heavy atom. The Morgan fingerprint density at radius 1 is 0.938 bits per heavy atom. The summed E-state index contributed by atoms with van der Waals surface area (Å²) in [6.45, 7) is 2.22. The molecule has 0 aromatic rings. The molecule has 0 atom stereocenters. The van der Waals surface area contributed by atoms with Gasteiger partial charge in [0.15, 0.2) is 0 Å². The fourth-order valence-corrected chi connectivity index (χ4v) is 2.03. The van der Waals surface area contributed by atoms with E-state index in [2.05, 4.69) is 6.92 Å². The quantitative estimate of drug-likeness (QED) is 0.450. The predicted molar refractivity (Wildman–Crippen MR) is 68.4 cm³/mol. The monoisotopic (exact) mass is 248 g/mol. The first-order valence-electron chi connectivity index (χ1n) is 6.29. The van der Waals surface area contributed by atoms with Gasteiger partial charge in [-0.05, 0) is 12.8 Å². The van der Waals surface area contributed by atoms with Crippen molar-refractivity contribution in [3.63, 3.8) is 0 Å². The summed E-state index contributed by atoms with van der Waals surface area (Å²) in [6.07, 6.45) is 12.4. The van der Waals surface area contributed by atoms with Crippen LogP contribution in [0.15, 0.2) is 11.9 Å². The summed E-state index contributed by atoms with van der Waals surface area (Å²) < 4.78 is 10.5. The van der Waals surface area contributed by atoms with Crippen molar-refractivity contribution in [2.45, 2.75) is 64.7 Å². The lowest BCUT2D eigenvalue weighted by Gasteiger charge is -2.00. The fourth-order valence-electron chi connectivity index (χ4n) is 1.61. The Kier molecular flexibility index (Phi) is 10.0. The van der Waals surface area contributed by atoms with Crippen molar-refractivity contribution in [3.8, 4) is 0 Å². The van der Waals surface area contributed by atoms with Gasteiger partial charge < -0.3 is 9.79 Å². The van der Waals surface area contributed by atoms with Crippen molar-refractivity contribution in [2.24, 2.45) is 0 Å². The standard InChI is InChI=1S/C12H25O3P/c1-2-3-4-5-6-7-8-9-10-11-12-16(13,14)15/h11-12H,2-10H2,1H3,(H2,13,14,15). The Balaban J connectivity index is 3.16. The zero-order valence-corrected chi connectivity index (χ0v) is 11.2. The first-order valence-corrected chi connectivity index (χ1v) is 7.97. The molecule has 0 rings (SSSR count). The number of rotatable bonds is 10. The highest BCUT2D eigenvalue weighted by Crippen LogP contribution is 2.36. The third-order valence-electron chi connectivity index (χ3n) is 2.52. The highest BCUT2D eigenvalue weighted by Gasteiger charge is 2.03. The average molecular weight is 248 g/mol. The van der Waals surface area contributed by atoms with E-state index in [0.29, 0.717) is 0 Å². The zero-order chi connectivity index (χ0) is 12.3. The zero-order valence-electron chi connectivity index (χ0n) is 10.3. The SMILES string of the molecule is CCCCCCCCCCC=CP(=O)(O)O. The Labute approximate surface area is 99.1 Å². The molecule has 2 N–H and O–H groups in total. The van der Waals surface area contributed by atoms with E-state index >= 15 is 0 Å². The van der Waals surface area contributed by atoms with Crippen LogP contribution in [0.3, 0.4) is 0 Å². The van der Waals surface area contributed by atoms with Crippen molar-refractivity contribution in [1.82, 2.24) is 0 Å². The third kappa shape index (κ3) is 13.9. The van der Waals surface area contributed by atoms with Crippen molar-refractivity contribution >= 4 is 7.60 Å². The lowest BCUT2D eigenvalue weighted by molar-refractivity contribution is 0.386. The van der Waals surface area contributed by atoms with Crippen LogP contribution in [0.5, 0.6) is 0 Å². The molecule has 0 bridgehead atoms. The largest absolute Gasteiger partial charge is 0.348 e. The van der Waals surface area contributed by atoms with E-state index < -0.39 is 7.60 Å². The second-order valence-corrected chi connectivity index (χ2v) is 5.71. The van der Waals surface area contributed by atoms with Gasteiger partial charge in [-0.25, -0.2) is 0 Å². The molecule has 0 unspecified atom stereocenters. The Morgan fingerprint density at radius 3 is 1.94 bits per heavy atom. The van der Waals surface area contributed by atoms with Gasteiger partial charge in [-0.3, -0.25) is 4.57 Å². The van der Waals surface area contributed by atoms with Crippen LogP contribution >= 0.6 is 7.60 Å². The van der Waals surface area contributed by atoms with Crippen LogP contribution in [0.4, 0.5) is 0 Å². The van der Waals surface area contributed by atoms with E-state index in [1.54, 1.807) is 6.08 Å². The maximum absolute atomic E-state index is 10.5. The van der Waals surface area contributed by atoms with Crippen LogP contribution < -0.4 is 0 Å². The van der Waals surface area contributed by atoms with Crippen LogP contribution in [-0.2, 0) is 4.57 Å². The second-order valence-electron chi connectivity index (χ2n) is 4.24. The molecule has 96 valence electrons. The Hall–Kier alpha value is -0.110. The minimum Gasteiger partial charge on any atom is -0.321 e. The molecular weight excluding hydrogens is 223 g/mol. The van der Waals surface area contributed by atoms with Crippen LogP contribution in [0.2, 0.25) is 0 Å². The fraction of sp³-hybridized carbons (Fsp3) is 0.833. The third-order valence-corrected chi connectivity index (χ3v) is 3.12. The summed E-state index contributed by atoms with van der Waals surface area (Å²) in [5.41, 5.74) is 0. The molecule has 0 radical (unpaired) electrons. The normalized spacial score (nSPS) is 12.4. The number of unbranched alkanes of at least 4 members (excludes halogenated alkanes) is 8. The first-order chi connectivity index (χ1) is 7.56. The molecule has 16 heavy (non-hydrogen) atoms. The molecule has 0 saturated heterocycles. The van der Waals surface area contributed by atoms with E-state index in [1.807, 2.05) is 0 Å². The molecule has 0 fully saturated rings. The van der Waals surface area contributed by atoms with Crippen molar-refractivity contribution in [1.29, 1.82) is 0 Å². The minimum absolute atomic E-state index is 0.778. The summed E-state index contributed by atoms with van der Waals surface area (Å²) in [4.78, 5) is 17.1. The molecule has 0 aromatic heterocycles. The summed E-state index contributed by atoms with van der Waals surface area (Å²) in [7, 11) is -3.92. The van der Waals surface area contributed by atoms with Crippen molar-refractivity contribution in [3.05, 3.63) is 11.9 Å². The van der Waals surface area contributed by atoms with Gasteiger partial charge in [0.1, 0.15) is 0 Å². The van der Waals surface area contributed by atoms with E-state index in [0.717, 1.165) is 25.1 Å². The smallest absolute Gasteiger partial charge is 0.321 e. The molecule has 0 aliphatic carbocycles. The second kappa shape index (κ2) is 10.1.